The fraction of sp³-hybridized carbons (Fsp3) is 0.591. The molecule has 0 radical (unpaired) electrons. The first kappa shape index (κ1) is 24.6. The van der Waals surface area contributed by atoms with Crippen LogP contribution in [0.1, 0.15) is 50.4 Å². The fourth-order valence-electron chi connectivity index (χ4n) is 3.40. The van der Waals surface area contributed by atoms with Crippen molar-refractivity contribution < 1.29 is 4.52 Å². The number of nitrogens with one attached hydrogen (secondary N) is 1. The Hall–Kier alpha value is -1.68. The molecule has 166 valence electrons. The van der Waals surface area contributed by atoms with Crippen LogP contribution in [-0.4, -0.2) is 65.2 Å². The average Bonchev–Trinajstić information content (AvgIpc) is 3.21. The van der Waals surface area contributed by atoms with E-state index in [4.69, 9.17) is 9.52 Å². The second-order valence-corrected chi connectivity index (χ2v) is 7.79. The molecule has 0 spiro atoms. The van der Waals surface area contributed by atoms with Crippen LogP contribution in [0.5, 0.6) is 0 Å². The third-order valence-corrected chi connectivity index (χ3v) is 5.07. The Morgan fingerprint density at radius 2 is 1.90 bits per heavy atom. The molecule has 0 unspecified atom stereocenters. The molecule has 0 saturated carbocycles. The van der Waals surface area contributed by atoms with Gasteiger partial charge in [0.25, 0.3) is 0 Å². The zero-order valence-corrected chi connectivity index (χ0v) is 20.7. The predicted molar refractivity (Wildman–Crippen MR) is 131 cm³/mol. The average molecular weight is 526 g/mol. The van der Waals surface area contributed by atoms with Gasteiger partial charge in [0, 0.05) is 58.2 Å². The van der Waals surface area contributed by atoms with Crippen LogP contribution in [0.15, 0.2) is 39.8 Å². The summed E-state index contributed by atoms with van der Waals surface area (Å²) in [6.07, 6.45) is 1.68. The van der Waals surface area contributed by atoms with Gasteiger partial charge in [-0.25, -0.2) is 0 Å². The number of benzene rings is 1. The molecule has 30 heavy (non-hydrogen) atoms. The molecule has 0 aliphatic carbocycles. The summed E-state index contributed by atoms with van der Waals surface area (Å²) in [4.78, 5) is 14.1. The van der Waals surface area contributed by atoms with E-state index in [-0.39, 0.29) is 24.0 Å². The summed E-state index contributed by atoms with van der Waals surface area (Å²) in [6.45, 7) is 13.0. The molecule has 1 aliphatic heterocycles. The molecular formula is C22H35IN6O. The highest BCUT2D eigenvalue weighted by molar-refractivity contribution is 14.0. The number of rotatable bonds is 8. The van der Waals surface area contributed by atoms with Crippen LogP contribution in [0.2, 0.25) is 0 Å². The Kier molecular flexibility index (Phi) is 10.6. The number of aryl methyl sites for hydroxylation is 1. The van der Waals surface area contributed by atoms with E-state index < -0.39 is 0 Å². The molecule has 1 aromatic heterocycles. The Morgan fingerprint density at radius 3 is 2.53 bits per heavy atom. The summed E-state index contributed by atoms with van der Waals surface area (Å²) in [5.41, 5.74) is 1.38. The van der Waals surface area contributed by atoms with E-state index in [2.05, 4.69) is 76.4 Å². The SMILES string of the molecule is CCNC(=NCCCc1nc(C(C)C)no1)N1CCN(Cc2ccccc2)CC1.I. The maximum atomic E-state index is 5.32. The molecule has 1 N–H and O–H groups in total. The van der Waals surface area contributed by atoms with Gasteiger partial charge in [-0.15, -0.1) is 24.0 Å². The van der Waals surface area contributed by atoms with E-state index in [1.165, 1.54) is 5.56 Å². The maximum absolute atomic E-state index is 5.32. The lowest BCUT2D eigenvalue weighted by molar-refractivity contribution is 0.172. The predicted octanol–water partition coefficient (Wildman–Crippen LogP) is 3.53. The zero-order valence-electron chi connectivity index (χ0n) is 18.4. The molecule has 0 amide bonds. The van der Waals surface area contributed by atoms with E-state index in [1.54, 1.807) is 0 Å². The van der Waals surface area contributed by atoms with E-state index >= 15 is 0 Å². The highest BCUT2D eigenvalue weighted by atomic mass is 127. The molecule has 1 saturated heterocycles. The minimum Gasteiger partial charge on any atom is -0.357 e. The van der Waals surface area contributed by atoms with Crippen LogP contribution in [0.4, 0.5) is 0 Å². The molecule has 0 atom stereocenters. The van der Waals surface area contributed by atoms with Crippen LogP contribution in [-0.2, 0) is 13.0 Å². The quantitative estimate of drug-likeness (QED) is 0.246. The molecule has 0 bridgehead atoms. The van der Waals surface area contributed by atoms with Crippen LogP contribution in [0.3, 0.4) is 0 Å². The largest absolute Gasteiger partial charge is 0.357 e. The van der Waals surface area contributed by atoms with Crippen molar-refractivity contribution in [2.24, 2.45) is 4.99 Å². The van der Waals surface area contributed by atoms with Gasteiger partial charge in [-0.2, -0.15) is 4.98 Å². The number of guanidine groups is 1. The van der Waals surface area contributed by atoms with Crippen molar-refractivity contribution in [2.75, 3.05) is 39.3 Å². The Labute approximate surface area is 197 Å². The van der Waals surface area contributed by atoms with Crippen LogP contribution in [0.25, 0.3) is 0 Å². The minimum absolute atomic E-state index is 0. The van der Waals surface area contributed by atoms with E-state index in [0.29, 0.717) is 11.8 Å². The lowest BCUT2D eigenvalue weighted by Gasteiger charge is -2.36. The van der Waals surface area contributed by atoms with Gasteiger partial charge in [0.1, 0.15) is 0 Å². The number of hydrogen-bond donors (Lipinski definition) is 1. The number of piperazine rings is 1. The summed E-state index contributed by atoms with van der Waals surface area (Å²) in [6, 6.07) is 10.7. The minimum atomic E-state index is 0. The molecule has 2 aromatic rings. The van der Waals surface area contributed by atoms with Crippen molar-refractivity contribution in [1.29, 1.82) is 0 Å². The molecule has 1 aliphatic rings. The van der Waals surface area contributed by atoms with Crippen molar-refractivity contribution in [2.45, 2.75) is 46.1 Å². The van der Waals surface area contributed by atoms with Crippen LogP contribution in [0, 0.1) is 0 Å². The first-order valence-corrected chi connectivity index (χ1v) is 10.8. The molecule has 2 heterocycles. The molecule has 8 heteroatoms. The van der Waals surface area contributed by atoms with Gasteiger partial charge < -0.3 is 14.7 Å². The van der Waals surface area contributed by atoms with Crippen molar-refractivity contribution >= 4 is 29.9 Å². The summed E-state index contributed by atoms with van der Waals surface area (Å²) in [5.74, 6) is 2.81. The van der Waals surface area contributed by atoms with Gasteiger partial charge in [0.05, 0.1) is 0 Å². The van der Waals surface area contributed by atoms with Gasteiger partial charge in [-0.1, -0.05) is 49.3 Å². The number of halogens is 1. The Morgan fingerprint density at radius 1 is 1.17 bits per heavy atom. The second-order valence-electron chi connectivity index (χ2n) is 7.79. The highest BCUT2D eigenvalue weighted by Gasteiger charge is 2.19. The summed E-state index contributed by atoms with van der Waals surface area (Å²) < 4.78 is 5.32. The maximum Gasteiger partial charge on any atom is 0.226 e. The first-order chi connectivity index (χ1) is 14.2. The molecule has 1 fully saturated rings. The van der Waals surface area contributed by atoms with Crippen molar-refractivity contribution in [3.05, 3.63) is 47.6 Å². The van der Waals surface area contributed by atoms with Crippen molar-refractivity contribution in [3.63, 3.8) is 0 Å². The van der Waals surface area contributed by atoms with E-state index in [0.717, 1.165) is 70.4 Å². The highest BCUT2D eigenvalue weighted by Crippen LogP contribution is 2.11. The van der Waals surface area contributed by atoms with Gasteiger partial charge >= 0.3 is 0 Å². The van der Waals surface area contributed by atoms with E-state index in [1.807, 2.05) is 0 Å². The van der Waals surface area contributed by atoms with Gasteiger partial charge in [0.2, 0.25) is 5.89 Å². The summed E-state index contributed by atoms with van der Waals surface area (Å²) in [5, 5.41) is 7.46. The zero-order chi connectivity index (χ0) is 20.5. The van der Waals surface area contributed by atoms with Gasteiger partial charge in [-0.05, 0) is 18.9 Å². The van der Waals surface area contributed by atoms with Crippen LogP contribution >= 0.6 is 24.0 Å². The van der Waals surface area contributed by atoms with E-state index in [9.17, 15) is 0 Å². The van der Waals surface area contributed by atoms with Gasteiger partial charge in [0.15, 0.2) is 11.8 Å². The second kappa shape index (κ2) is 12.9. The first-order valence-electron chi connectivity index (χ1n) is 10.8. The monoisotopic (exact) mass is 526 g/mol. The molecular weight excluding hydrogens is 491 g/mol. The van der Waals surface area contributed by atoms with Gasteiger partial charge in [-0.3, -0.25) is 9.89 Å². The van der Waals surface area contributed by atoms with Crippen molar-refractivity contribution in [3.8, 4) is 0 Å². The normalized spacial score (nSPS) is 15.3. The van der Waals surface area contributed by atoms with Crippen molar-refractivity contribution in [1.82, 2.24) is 25.3 Å². The Balaban J connectivity index is 0.00000320. The lowest BCUT2D eigenvalue weighted by Crippen LogP contribution is -2.52. The smallest absolute Gasteiger partial charge is 0.226 e. The third-order valence-electron chi connectivity index (χ3n) is 5.07. The van der Waals surface area contributed by atoms with Crippen LogP contribution < -0.4 is 5.32 Å². The Bertz CT molecular complexity index is 756. The topological polar surface area (TPSA) is 69.8 Å². The molecule has 7 nitrogen and oxygen atoms in total. The molecule has 1 aromatic carbocycles. The number of hydrogen-bond acceptors (Lipinski definition) is 5. The summed E-state index contributed by atoms with van der Waals surface area (Å²) >= 11 is 0. The third kappa shape index (κ3) is 7.54. The lowest BCUT2D eigenvalue weighted by atomic mass is 10.2. The number of nitrogens with zero attached hydrogens (tertiary/aromatic N) is 5. The standard InChI is InChI=1S/C22H34N6O.HI/c1-4-23-22(24-12-8-11-20-25-21(18(2)3)26-29-20)28-15-13-27(14-16-28)17-19-9-6-5-7-10-19;/h5-7,9-10,18H,4,8,11-17H2,1-3H3,(H,23,24);1H. The molecule has 3 rings (SSSR count). The number of aliphatic imine (C=N–C) groups is 1. The fourth-order valence-corrected chi connectivity index (χ4v) is 3.40. The number of aromatic nitrogens is 2. The summed E-state index contributed by atoms with van der Waals surface area (Å²) in [7, 11) is 0.